The largest absolute Gasteiger partial charge is 0.349 e. The molecule has 2 heterocycles. The van der Waals surface area contributed by atoms with Gasteiger partial charge in [0, 0.05) is 25.2 Å². The molecule has 3 saturated carbocycles. The minimum absolute atomic E-state index is 0.276. The van der Waals surface area contributed by atoms with Crippen LogP contribution in [0.5, 0.6) is 0 Å². The Kier molecular flexibility index (Phi) is 4.57. The van der Waals surface area contributed by atoms with E-state index < -0.39 is 0 Å². The molecule has 0 aromatic heterocycles. The van der Waals surface area contributed by atoms with Gasteiger partial charge >= 0.3 is 0 Å². The van der Waals surface area contributed by atoms with Crippen molar-refractivity contribution in [2.24, 2.45) is 46.3 Å². The average molecular weight is 424 g/mol. The van der Waals surface area contributed by atoms with Crippen molar-refractivity contribution >= 4 is 0 Å². The van der Waals surface area contributed by atoms with Crippen LogP contribution in [0.15, 0.2) is 11.6 Å². The maximum Gasteiger partial charge on any atom is 0.224 e. The second-order valence-corrected chi connectivity index (χ2v) is 12.8. The number of hydrogen-bond acceptors (Lipinski definition) is 2. The van der Waals surface area contributed by atoms with Crippen molar-refractivity contribution in [3.05, 3.63) is 23.1 Å². The fourth-order valence-electron chi connectivity index (χ4n) is 9.64. The number of fused-ring (bicyclic) bond motifs is 7. The van der Waals surface area contributed by atoms with Gasteiger partial charge in [0.1, 0.15) is 0 Å². The van der Waals surface area contributed by atoms with Gasteiger partial charge in [0.15, 0.2) is 5.79 Å². The summed E-state index contributed by atoms with van der Waals surface area (Å²) in [7, 11) is 0. The van der Waals surface area contributed by atoms with Crippen LogP contribution in [0.2, 0.25) is 0 Å². The average Bonchev–Trinajstić information content (AvgIpc) is 3.20. The molecule has 0 aromatic rings. The summed E-state index contributed by atoms with van der Waals surface area (Å²) < 4.78 is 13.4. The summed E-state index contributed by atoms with van der Waals surface area (Å²) in [5, 5.41) is 0. The van der Waals surface area contributed by atoms with Crippen LogP contribution in [0.25, 0.3) is 4.85 Å². The van der Waals surface area contributed by atoms with Gasteiger partial charge in [-0.15, -0.1) is 0 Å². The van der Waals surface area contributed by atoms with Crippen LogP contribution < -0.4 is 0 Å². The molecule has 6 rings (SSSR count). The van der Waals surface area contributed by atoms with Gasteiger partial charge in [0.25, 0.3) is 0 Å². The Hall–Kier alpha value is -0.850. The van der Waals surface area contributed by atoms with Crippen LogP contribution in [0, 0.1) is 52.9 Å². The van der Waals surface area contributed by atoms with Crippen LogP contribution in [0.1, 0.15) is 85.5 Å². The lowest BCUT2D eigenvalue weighted by Crippen LogP contribution is -2.50. The lowest BCUT2D eigenvalue weighted by atomic mass is 9.48. The molecule has 0 amide bonds. The highest BCUT2D eigenvalue weighted by Crippen LogP contribution is 2.69. The number of allylic oxidation sites excluding steroid dienone is 2. The summed E-state index contributed by atoms with van der Waals surface area (Å²) in [5.41, 5.74) is 2.49. The molecule has 6 aliphatic rings. The third kappa shape index (κ3) is 2.70. The molecule has 1 spiro atoms. The van der Waals surface area contributed by atoms with Crippen LogP contribution in [0.3, 0.4) is 0 Å². The second kappa shape index (κ2) is 6.83. The summed E-state index contributed by atoms with van der Waals surface area (Å²) >= 11 is 0. The third-order valence-corrected chi connectivity index (χ3v) is 11.4. The van der Waals surface area contributed by atoms with Crippen molar-refractivity contribution in [2.75, 3.05) is 6.61 Å². The number of rotatable bonds is 0. The molecule has 0 aromatic carbocycles. The summed E-state index contributed by atoms with van der Waals surface area (Å²) in [6.07, 6.45) is 14.0. The highest BCUT2D eigenvalue weighted by Gasteiger charge is 2.68. The van der Waals surface area contributed by atoms with E-state index in [0.717, 1.165) is 43.6 Å². The van der Waals surface area contributed by atoms with Gasteiger partial charge in [-0.2, -0.15) is 0 Å². The van der Waals surface area contributed by atoms with E-state index in [9.17, 15) is 0 Å². The minimum atomic E-state index is -0.304. The zero-order valence-electron chi connectivity index (χ0n) is 20.0. The van der Waals surface area contributed by atoms with Crippen LogP contribution in [-0.2, 0) is 9.47 Å². The van der Waals surface area contributed by atoms with Crippen molar-refractivity contribution in [3.63, 3.8) is 0 Å². The van der Waals surface area contributed by atoms with E-state index in [0.29, 0.717) is 34.7 Å². The number of nitrogens with zero attached hydrogens (tertiary/aromatic N) is 1. The molecule has 2 saturated heterocycles. The molecule has 11 atom stereocenters. The van der Waals surface area contributed by atoms with Gasteiger partial charge in [-0.05, 0) is 78.9 Å². The van der Waals surface area contributed by atoms with E-state index in [-0.39, 0.29) is 11.8 Å². The SMILES string of the molecule is [C-]#[N+][C@@H]1CC[C@]2(C)C3=CC[C@]4(C)[C@@H]5[C@H](C[C@H]4[C@@H]3CC[C@H]2C1)O[C@]1(CC[C@@H](C)CO1)[C@H]5C. The molecular formula is C28H41NO2. The standard InChI is InChI=1S/C28H41NO2/c1-17-8-13-28(30-16-17)18(2)25-24(31-28)15-23-21-7-6-19-14-20(29-5)9-11-26(19,3)22(21)10-12-27(23,25)4/h10,17-21,23-25H,6-9,11-16H2,1-4H3/t17-,18+,19+,20-,21-,23+,24+,25+,26+,27+,28-/m1/s1. The Morgan fingerprint density at radius 3 is 2.65 bits per heavy atom. The van der Waals surface area contributed by atoms with E-state index in [1.165, 1.54) is 38.5 Å². The van der Waals surface area contributed by atoms with Crippen molar-refractivity contribution in [1.82, 2.24) is 0 Å². The zero-order valence-corrected chi connectivity index (χ0v) is 20.0. The first-order chi connectivity index (χ1) is 14.8. The van der Waals surface area contributed by atoms with Crippen molar-refractivity contribution in [2.45, 2.75) is 103 Å². The Bertz CT molecular complexity index is 819. The summed E-state index contributed by atoms with van der Waals surface area (Å²) in [6, 6.07) is 0.276. The Morgan fingerprint density at radius 1 is 1.06 bits per heavy atom. The van der Waals surface area contributed by atoms with E-state index in [1.807, 2.05) is 0 Å². The van der Waals surface area contributed by atoms with Crippen LogP contribution in [0.4, 0.5) is 0 Å². The summed E-state index contributed by atoms with van der Waals surface area (Å²) in [5.74, 6) is 3.73. The number of hydrogen-bond donors (Lipinski definition) is 0. The van der Waals surface area contributed by atoms with Gasteiger partial charge < -0.3 is 14.3 Å². The smallest absolute Gasteiger partial charge is 0.224 e. The van der Waals surface area contributed by atoms with Crippen LogP contribution >= 0.6 is 0 Å². The Balaban J connectivity index is 1.29. The normalized spacial score (nSPS) is 58.0. The predicted molar refractivity (Wildman–Crippen MR) is 122 cm³/mol. The first kappa shape index (κ1) is 20.7. The first-order valence-electron chi connectivity index (χ1n) is 13.2. The van der Waals surface area contributed by atoms with E-state index in [2.05, 4.69) is 38.6 Å². The van der Waals surface area contributed by atoms with Crippen molar-refractivity contribution < 1.29 is 9.47 Å². The molecule has 170 valence electrons. The molecule has 0 radical (unpaired) electrons. The van der Waals surface area contributed by atoms with Crippen molar-refractivity contribution in [1.29, 1.82) is 0 Å². The molecule has 0 unspecified atom stereocenters. The zero-order chi connectivity index (χ0) is 21.6. The Labute approximate surface area is 189 Å². The first-order valence-corrected chi connectivity index (χ1v) is 13.2. The fraction of sp³-hybridized carbons (Fsp3) is 0.893. The molecule has 0 bridgehead atoms. The van der Waals surface area contributed by atoms with Gasteiger partial charge in [-0.3, -0.25) is 0 Å². The maximum absolute atomic E-state index is 7.54. The second-order valence-electron chi connectivity index (χ2n) is 12.8. The van der Waals surface area contributed by atoms with Crippen molar-refractivity contribution in [3.8, 4) is 0 Å². The highest BCUT2D eigenvalue weighted by molar-refractivity contribution is 5.30. The van der Waals surface area contributed by atoms with E-state index in [1.54, 1.807) is 5.57 Å². The van der Waals surface area contributed by atoms with Gasteiger partial charge in [0.05, 0.1) is 12.7 Å². The monoisotopic (exact) mass is 423 g/mol. The number of ether oxygens (including phenoxy) is 2. The fourth-order valence-corrected chi connectivity index (χ4v) is 9.64. The van der Waals surface area contributed by atoms with Crippen LogP contribution in [-0.4, -0.2) is 24.5 Å². The third-order valence-electron chi connectivity index (χ3n) is 11.4. The van der Waals surface area contributed by atoms with E-state index >= 15 is 0 Å². The maximum atomic E-state index is 7.54. The summed E-state index contributed by atoms with van der Waals surface area (Å²) in [6.45, 7) is 18.3. The lowest BCUT2D eigenvalue weighted by molar-refractivity contribution is -0.272. The highest BCUT2D eigenvalue weighted by atomic mass is 16.7. The quantitative estimate of drug-likeness (QED) is 0.322. The minimum Gasteiger partial charge on any atom is -0.349 e. The predicted octanol–water partition coefficient (Wildman–Crippen LogP) is 6.64. The molecular weight excluding hydrogens is 382 g/mol. The molecule has 5 fully saturated rings. The summed E-state index contributed by atoms with van der Waals surface area (Å²) in [4.78, 5) is 3.93. The molecule has 0 N–H and O–H groups in total. The van der Waals surface area contributed by atoms with Gasteiger partial charge in [-0.25, -0.2) is 6.57 Å². The molecule has 3 nitrogen and oxygen atoms in total. The van der Waals surface area contributed by atoms with E-state index in [4.69, 9.17) is 16.0 Å². The molecule has 3 heteroatoms. The van der Waals surface area contributed by atoms with Gasteiger partial charge in [0.2, 0.25) is 6.04 Å². The molecule has 31 heavy (non-hydrogen) atoms. The topological polar surface area (TPSA) is 22.8 Å². The molecule has 2 aliphatic heterocycles. The Morgan fingerprint density at radius 2 is 1.90 bits per heavy atom. The van der Waals surface area contributed by atoms with Gasteiger partial charge in [-0.1, -0.05) is 39.3 Å². The lowest BCUT2D eigenvalue weighted by Gasteiger charge is -2.56. The molecule has 4 aliphatic carbocycles.